The van der Waals surface area contributed by atoms with Gasteiger partial charge in [0.2, 0.25) is 5.95 Å². The minimum Gasteiger partial charge on any atom is -0.495 e. The van der Waals surface area contributed by atoms with Gasteiger partial charge in [-0.05, 0) is 37.1 Å². The van der Waals surface area contributed by atoms with Crippen LogP contribution in [0.3, 0.4) is 0 Å². The molecule has 3 aromatic rings. The Balaban J connectivity index is 1.85. The summed E-state index contributed by atoms with van der Waals surface area (Å²) < 4.78 is 5.43. The molecule has 0 fully saturated rings. The molecule has 0 aliphatic heterocycles. The second kappa shape index (κ2) is 7.87. The first-order valence-electron chi connectivity index (χ1n) is 8.57. The molecule has 5 nitrogen and oxygen atoms in total. The van der Waals surface area contributed by atoms with Gasteiger partial charge in [-0.3, -0.25) is 0 Å². The molecule has 0 atom stereocenters. The van der Waals surface area contributed by atoms with E-state index in [2.05, 4.69) is 32.3 Å². The van der Waals surface area contributed by atoms with Crippen molar-refractivity contribution in [3.05, 3.63) is 71.4 Å². The van der Waals surface area contributed by atoms with Crippen LogP contribution in [0.5, 0.6) is 5.75 Å². The van der Waals surface area contributed by atoms with Gasteiger partial charge in [-0.25, -0.2) is 4.98 Å². The largest absolute Gasteiger partial charge is 0.495 e. The number of benzene rings is 2. The molecule has 0 unspecified atom stereocenters. The highest BCUT2D eigenvalue weighted by Crippen LogP contribution is 2.28. The highest BCUT2D eigenvalue weighted by Gasteiger charge is 2.10. The van der Waals surface area contributed by atoms with E-state index in [0.717, 1.165) is 35.1 Å². The molecule has 1 N–H and O–H groups in total. The standard InChI is InChI=1S/C21H24N4O/c1-15-10-11-19(26-4)18(12-15)23-21-22-16(2)13-20(24-21)25(3)14-17-8-6-5-7-9-17/h5-13H,14H2,1-4H3,(H,22,23,24). The maximum absolute atomic E-state index is 5.43. The van der Waals surface area contributed by atoms with Crippen LogP contribution in [0.25, 0.3) is 0 Å². The van der Waals surface area contributed by atoms with Gasteiger partial charge in [-0.15, -0.1) is 0 Å². The van der Waals surface area contributed by atoms with Gasteiger partial charge in [0, 0.05) is 25.4 Å². The smallest absolute Gasteiger partial charge is 0.229 e. The molecule has 0 bridgehead atoms. The summed E-state index contributed by atoms with van der Waals surface area (Å²) in [5.41, 5.74) is 4.14. The van der Waals surface area contributed by atoms with E-state index < -0.39 is 0 Å². The molecule has 2 aromatic carbocycles. The third-order valence-corrected chi connectivity index (χ3v) is 4.10. The van der Waals surface area contributed by atoms with Crippen LogP contribution in [0.2, 0.25) is 0 Å². The molecule has 0 saturated heterocycles. The minimum absolute atomic E-state index is 0.559. The quantitative estimate of drug-likeness (QED) is 0.712. The topological polar surface area (TPSA) is 50.3 Å². The second-order valence-corrected chi connectivity index (χ2v) is 6.36. The molecule has 0 spiro atoms. The first kappa shape index (κ1) is 17.7. The molecule has 0 radical (unpaired) electrons. The van der Waals surface area contributed by atoms with E-state index in [1.807, 2.05) is 63.4 Å². The molecule has 26 heavy (non-hydrogen) atoms. The summed E-state index contributed by atoms with van der Waals surface area (Å²) in [6.45, 7) is 4.80. The van der Waals surface area contributed by atoms with E-state index in [-0.39, 0.29) is 0 Å². The summed E-state index contributed by atoms with van der Waals surface area (Å²) in [4.78, 5) is 11.3. The van der Waals surface area contributed by atoms with Crippen molar-refractivity contribution in [2.45, 2.75) is 20.4 Å². The van der Waals surface area contributed by atoms with Crippen LogP contribution < -0.4 is 15.0 Å². The van der Waals surface area contributed by atoms with Crippen molar-refractivity contribution in [2.24, 2.45) is 0 Å². The van der Waals surface area contributed by atoms with Gasteiger partial charge in [0.1, 0.15) is 11.6 Å². The van der Waals surface area contributed by atoms with Crippen LogP contribution in [-0.2, 0) is 6.54 Å². The molecular weight excluding hydrogens is 324 g/mol. The number of nitrogens with zero attached hydrogens (tertiary/aromatic N) is 3. The zero-order valence-electron chi connectivity index (χ0n) is 15.7. The SMILES string of the molecule is COc1ccc(C)cc1Nc1nc(C)cc(N(C)Cc2ccccc2)n1. The average molecular weight is 348 g/mol. The molecule has 3 rings (SSSR count). The fourth-order valence-electron chi connectivity index (χ4n) is 2.78. The maximum Gasteiger partial charge on any atom is 0.229 e. The van der Waals surface area contributed by atoms with E-state index in [1.165, 1.54) is 5.56 Å². The summed E-state index contributed by atoms with van der Waals surface area (Å²) in [6, 6.07) is 18.3. The summed E-state index contributed by atoms with van der Waals surface area (Å²) in [7, 11) is 3.69. The van der Waals surface area contributed by atoms with Gasteiger partial charge >= 0.3 is 0 Å². The predicted molar refractivity (Wildman–Crippen MR) is 106 cm³/mol. The highest BCUT2D eigenvalue weighted by molar-refractivity contribution is 5.64. The monoisotopic (exact) mass is 348 g/mol. The fourth-order valence-corrected chi connectivity index (χ4v) is 2.78. The van der Waals surface area contributed by atoms with Crippen molar-refractivity contribution in [1.82, 2.24) is 9.97 Å². The van der Waals surface area contributed by atoms with E-state index in [0.29, 0.717) is 5.95 Å². The summed E-state index contributed by atoms with van der Waals surface area (Å²) >= 11 is 0. The lowest BCUT2D eigenvalue weighted by Gasteiger charge is -2.20. The molecule has 0 saturated carbocycles. The first-order chi connectivity index (χ1) is 12.5. The van der Waals surface area contributed by atoms with Gasteiger partial charge in [-0.2, -0.15) is 4.98 Å². The number of aromatic nitrogens is 2. The summed E-state index contributed by atoms with van der Waals surface area (Å²) in [6.07, 6.45) is 0. The number of ether oxygens (including phenoxy) is 1. The Morgan fingerprint density at radius 3 is 2.50 bits per heavy atom. The molecule has 1 aromatic heterocycles. The first-order valence-corrected chi connectivity index (χ1v) is 8.57. The lowest BCUT2D eigenvalue weighted by atomic mass is 10.2. The van der Waals surface area contributed by atoms with Gasteiger partial charge in [0.05, 0.1) is 12.8 Å². The van der Waals surface area contributed by atoms with Crippen molar-refractivity contribution in [2.75, 3.05) is 24.4 Å². The number of hydrogen-bond acceptors (Lipinski definition) is 5. The van der Waals surface area contributed by atoms with Gasteiger partial charge in [0.25, 0.3) is 0 Å². The molecule has 0 aliphatic carbocycles. The zero-order valence-corrected chi connectivity index (χ0v) is 15.7. The Morgan fingerprint density at radius 2 is 1.77 bits per heavy atom. The lowest BCUT2D eigenvalue weighted by Crippen LogP contribution is -2.18. The van der Waals surface area contributed by atoms with Gasteiger partial charge in [-0.1, -0.05) is 36.4 Å². The van der Waals surface area contributed by atoms with E-state index in [4.69, 9.17) is 4.74 Å². The van der Waals surface area contributed by atoms with Crippen LogP contribution in [-0.4, -0.2) is 24.1 Å². The molecule has 134 valence electrons. The average Bonchev–Trinajstić information content (AvgIpc) is 2.62. The van der Waals surface area contributed by atoms with E-state index in [1.54, 1.807) is 7.11 Å². The highest BCUT2D eigenvalue weighted by atomic mass is 16.5. The molecule has 1 heterocycles. The minimum atomic E-state index is 0.559. The number of methoxy groups -OCH3 is 1. The van der Waals surface area contributed by atoms with Gasteiger partial charge < -0.3 is 15.0 Å². The van der Waals surface area contributed by atoms with E-state index in [9.17, 15) is 0 Å². The number of aryl methyl sites for hydroxylation is 2. The van der Waals surface area contributed by atoms with Crippen molar-refractivity contribution >= 4 is 17.5 Å². The molecule has 0 amide bonds. The number of hydrogen-bond donors (Lipinski definition) is 1. The molecule has 0 aliphatic rings. The van der Waals surface area contributed by atoms with Gasteiger partial charge in [0.15, 0.2) is 0 Å². The van der Waals surface area contributed by atoms with E-state index >= 15 is 0 Å². The van der Waals surface area contributed by atoms with Crippen LogP contribution in [0.4, 0.5) is 17.5 Å². The summed E-state index contributed by atoms with van der Waals surface area (Å²) in [5, 5.41) is 3.29. The predicted octanol–water partition coefficient (Wildman–Crippen LogP) is 4.48. The number of anilines is 3. The lowest BCUT2D eigenvalue weighted by molar-refractivity contribution is 0.416. The van der Waals surface area contributed by atoms with Crippen LogP contribution >= 0.6 is 0 Å². The second-order valence-electron chi connectivity index (χ2n) is 6.36. The molecule has 5 heteroatoms. The van der Waals surface area contributed by atoms with Crippen LogP contribution in [0, 0.1) is 13.8 Å². The number of nitrogens with one attached hydrogen (secondary N) is 1. The Morgan fingerprint density at radius 1 is 1.00 bits per heavy atom. The normalized spacial score (nSPS) is 10.5. The van der Waals surface area contributed by atoms with Crippen molar-refractivity contribution in [1.29, 1.82) is 0 Å². The fraction of sp³-hybridized carbons (Fsp3) is 0.238. The Bertz CT molecular complexity index is 880. The van der Waals surface area contributed by atoms with Crippen molar-refractivity contribution in [3.8, 4) is 5.75 Å². The van der Waals surface area contributed by atoms with Crippen LogP contribution in [0.15, 0.2) is 54.6 Å². The Hall–Kier alpha value is -3.08. The van der Waals surface area contributed by atoms with Crippen molar-refractivity contribution in [3.63, 3.8) is 0 Å². The third kappa shape index (κ3) is 4.30. The third-order valence-electron chi connectivity index (χ3n) is 4.10. The number of rotatable bonds is 6. The maximum atomic E-state index is 5.43. The van der Waals surface area contributed by atoms with Crippen molar-refractivity contribution < 1.29 is 4.74 Å². The Kier molecular flexibility index (Phi) is 5.37. The molecular formula is C21H24N4O. The summed E-state index contributed by atoms with van der Waals surface area (Å²) in [5.74, 6) is 2.19. The zero-order chi connectivity index (χ0) is 18.5. The van der Waals surface area contributed by atoms with Crippen LogP contribution in [0.1, 0.15) is 16.8 Å². The Labute approximate surface area is 154 Å².